The van der Waals surface area contributed by atoms with Crippen LogP contribution in [0, 0.1) is 13.8 Å². The number of nitrogens with zero attached hydrogens (tertiary/aromatic N) is 1. The van der Waals surface area contributed by atoms with E-state index >= 15 is 0 Å². The zero-order chi connectivity index (χ0) is 12.1. The second-order valence-corrected chi connectivity index (χ2v) is 4.00. The maximum absolute atomic E-state index is 12.0. The molecule has 0 aliphatic rings. The molecule has 90 valence electrons. The predicted molar refractivity (Wildman–Crippen MR) is 63.3 cm³/mol. The standard InChI is InChI=1S/C11H20N4O/c1-4-5-9(6-12)13-11(16)10-7(2)14-15-8(10)3/h9H,4-6,12H2,1-3H3,(H,13,16)(H,14,15). The highest BCUT2D eigenvalue weighted by atomic mass is 16.1. The molecule has 1 unspecified atom stereocenters. The van der Waals surface area contributed by atoms with Gasteiger partial charge in [-0.3, -0.25) is 9.89 Å². The Morgan fingerprint density at radius 1 is 1.56 bits per heavy atom. The van der Waals surface area contributed by atoms with Crippen LogP contribution >= 0.6 is 0 Å². The molecule has 1 heterocycles. The van der Waals surface area contributed by atoms with Gasteiger partial charge in [0.15, 0.2) is 0 Å². The molecule has 0 fully saturated rings. The number of carbonyl (C=O) groups excluding carboxylic acids is 1. The maximum Gasteiger partial charge on any atom is 0.255 e. The van der Waals surface area contributed by atoms with Crippen LogP contribution in [0.5, 0.6) is 0 Å². The summed E-state index contributed by atoms with van der Waals surface area (Å²) in [5.41, 5.74) is 7.75. The Hall–Kier alpha value is -1.36. The van der Waals surface area contributed by atoms with Crippen molar-refractivity contribution >= 4 is 5.91 Å². The first-order valence-corrected chi connectivity index (χ1v) is 5.62. The minimum atomic E-state index is -0.0901. The summed E-state index contributed by atoms with van der Waals surface area (Å²) in [7, 11) is 0. The third-order valence-corrected chi connectivity index (χ3v) is 2.61. The topological polar surface area (TPSA) is 83.8 Å². The van der Waals surface area contributed by atoms with E-state index in [0.29, 0.717) is 12.1 Å². The van der Waals surface area contributed by atoms with Gasteiger partial charge in [-0.2, -0.15) is 5.10 Å². The largest absolute Gasteiger partial charge is 0.348 e. The molecule has 0 aromatic carbocycles. The number of hydrogen-bond acceptors (Lipinski definition) is 3. The number of aromatic nitrogens is 2. The van der Waals surface area contributed by atoms with Crippen molar-refractivity contribution < 1.29 is 4.79 Å². The summed E-state index contributed by atoms with van der Waals surface area (Å²) in [5, 5.41) is 9.73. The average molecular weight is 224 g/mol. The molecule has 0 aliphatic heterocycles. The van der Waals surface area contributed by atoms with Crippen molar-refractivity contribution in [3.05, 3.63) is 17.0 Å². The van der Waals surface area contributed by atoms with Gasteiger partial charge in [0, 0.05) is 18.3 Å². The van der Waals surface area contributed by atoms with Gasteiger partial charge < -0.3 is 11.1 Å². The molecule has 5 nitrogen and oxygen atoms in total. The van der Waals surface area contributed by atoms with Crippen LogP contribution in [0.15, 0.2) is 0 Å². The molecule has 4 N–H and O–H groups in total. The van der Waals surface area contributed by atoms with E-state index in [-0.39, 0.29) is 11.9 Å². The van der Waals surface area contributed by atoms with Crippen molar-refractivity contribution in [2.45, 2.75) is 39.7 Å². The number of amides is 1. The fourth-order valence-electron chi connectivity index (χ4n) is 1.74. The van der Waals surface area contributed by atoms with Gasteiger partial charge in [-0.25, -0.2) is 0 Å². The predicted octanol–water partition coefficient (Wildman–Crippen LogP) is 0.884. The Labute approximate surface area is 95.8 Å². The molecule has 1 amide bonds. The first-order valence-electron chi connectivity index (χ1n) is 5.62. The Morgan fingerprint density at radius 2 is 2.25 bits per heavy atom. The van der Waals surface area contributed by atoms with Crippen molar-refractivity contribution in [1.29, 1.82) is 0 Å². The smallest absolute Gasteiger partial charge is 0.255 e. The van der Waals surface area contributed by atoms with Gasteiger partial charge in [0.2, 0.25) is 0 Å². The first-order chi connectivity index (χ1) is 7.60. The summed E-state index contributed by atoms with van der Waals surface area (Å²) in [6, 6.07) is 0.0474. The van der Waals surface area contributed by atoms with Gasteiger partial charge in [-0.15, -0.1) is 0 Å². The van der Waals surface area contributed by atoms with Crippen molar-refractivity contribution in [2.24, 2.45) is 5.73 Å². The number of rotatable bonds is 5. The summed E-state index contributed by atoms with van der Waals surface area (Å²) in [4.78, 5) is 12.0. The molecule has 0 aliphatic carbocycles. The summed E-state index contributed by atoms with van der Waals surface area (Å²) in [6.45, 7) is 6.20. The Bertz CT molecular complexity index is 339. The quantitative estimate of drug-likeness (QED) is 0.694. The molecule has 5 heteroatoms. The van der Waals surface area contributed by atoms with Crippen molar-refractivity contribution in [3.8, 4) is 0 Å². The lowest BCUT2D eigenvalue weighted by Crippen LogP contribution is -2.40. The highest BCUT2D eigenvalue weighted by Gasteiger charge is 2.17. The highest BCUT2D eigenvalue weighted by molar-refractivity contribution is 5.96. The van der Waals surface area contributed by atoms with E-state index in [1.165, 1.54) is 0 Å². The Morgan fingerprint density at radius 3 is 2.69 bits per heavy atom. The highest BCUT2D eigenvalue weighted by Crippen LogP contribution is 2.09. The third kappa shape index (κ3) is 2.82. The lowest BCUT2D eigenvalue weighted by Gasteiger charge is -2.15. The summed E-state index contributed by atoms with van der Waals surface area (Å²) in [5.74, 6) is -0.0901. The van der Waals surface area contributed by atoms with E-state index in [1.54, 1.807) is 0 Å². The molecule has 0 saturated heterocycles. The summed E-state index contributed by atoms with van der Waals surface area (Å²) < 4.78 is 0. The lowest BCUT2D eigenvalue weighted by atomic mass is 10.1. The molecule has 0 radical (unpaired) electrons. The van der Waals surface area contributed by atoms with Crippen LogP contribution in [0.25, 0.3) is 0 Å². The Kier molecular flexibility index (Phi) is 4.49. The van der Waals surface area contributed by atoms with E-state index in [0.717, 1.165) is 24.2 Å². The first kappa shape index (κ1) is 12.7. The molecule has 1 aromatic heterocycles. The van der Waals surface area contributed by atoms with Crippen LogP contribution in [-0.2, 0) is 0 Å². The van der Waals surface area contributed by atoms with E-state index in [1.807, 2.05) is 13.8 Å². The van der Waals surface area contributed by atoms with E-state index in [9.17, 15) is 4.79 Å². The SMILES string of the molecule is CCCC(CN)NC(=O)c1c(C)n[nH]c1C. The Balaban J connectivity index is 2.71. The second-order valence-electron chi connectivity index (χ2n) is 4.00. The van der Waals surface area contributed by atoms with Gasteiger partial charge >= 0.3 is 0 Å². The molecule has 1 atom stereocenters. The second kappa shape index (κ2) is 5.65. The van der Waals surface area contributed by atoms with E-state index in [2.05, 4.69) is 22.4 Å². The van der Waals surface area contributed by atoms with Gasteiger partial charge in [0.05, 0.1) is 11.3 Å². The summed E-state index contributed by atoms with van der Waals surface area (Å²) in [6.07, 6.45) is 1.91. The average Bonchev–Trinajstić information content (AvgIpc) is 2.57. The molecule has 16 heavy (non-hydrogen) atoms. The zero-order valence-corrected chi connectivity index (χ0v) is 10.1. The fraction of sp³-hybridized carbons (Fsp3) is 0.636. The lowest BCUT2D eigenvalue weighted by molar-refractivity contribution is 0.0935. The summed E-state index contributed by atoms with van der Waals surface area (Å²) >= 11 is 0. The van der Waals surface area contributed by atoms with Crippen LogP contribution in [0.2, 0.25) is 0 Å². The molecule has 1 rings (SSSR count). The number of nitrogens with two attached hydrogens (primary N) is 1. The number of aryl methyl sites for hydroxylation is 2. The number of carbonyl (C=O) groups is 1. The van der Waals surface area contributed by atoms with Crippen LogP contribution in [0.3, 0.4) is 0 Å². The monoisotopic (exact) mass is 224 g/mol. The minimum absolute atomic E-state index is 0.0474. The van der Waals surface area contributed by atoms with Gasteiger partial charge in [0.25, 0.3) is 5.91 Å². The zero-order valence-electron chi connectivity index (χ0n) is 10.1. The third-order valence-electron chi connectivity index (χ3n) is 2.61. The van der Waals surface area contributed by atoms with Crippen molar-refractivity contribution in [3.63, 3.8) is 0 Å². The number of H-pyrrole nitrogens is 1. The molecule has 0 bridgehead atoms. The van der Waals surface area contributed by atoms with Gasteiger partial charge in [0.1, 0.15) is 0 Å². The van der Waals surface area contributed by atoms with E-state index in [4.69, 9.17) is 5.73 Å². The van der Waals surface area contributed by atoms with Gasteiger partial charge in [-0.05, 0) is 20.3 Å². The normalized spacial score (nSPS) is 12.5. The molecular weight excluding hydrogens is 204 g/mol. The molecule has 0 saturated carbocycles. The van der Waals surface area contributed by atoms with Crippen molar-refractivity contribution in [1.82, 2.24) is 15.5 Å². The van der Waals surface area contributed by atoms with Gasteiger partial charge in [-0.1, -0.05) is 13.3 Å². The fourth-order valence-corrected chi connectivity index (χ4v) is 1.74. The molecule has 1 aromatic rings. The molecular formula is C11H20N4O. The van der Waals surface area contributed by atoms with Crippen LogP contribution in [-0.4, -0.2) is 28.7 Å². The van der Waals surface area contributed by atoms with E-state index < -0.39 is 0 Å². The van der Waals surface area contributed by atoms with Crippen LogP contribution < -0.4 is 11.1 Å². The maximum atomic E-state index is 12.0. The number of aromatic amines is 1. The van der Waals surface area contributed by atoms with Crippen molar-refractivity contribution in [2.75, 3.05) is 6.54 Å². The number of nitrogens with one attached hydrogen (secondary N) is 2. The van der Waals surface area contributed by atoms with Crippen LogP contribution in [0.4, 0.5) is 0 Å². The van der Waals surface area contributed by atoms with Crippen LogP contribution in [0.1, 0.15) is 41.5 Å². The molecule has 0 spiro atoms. The number of hydrogen-bond donors (Lipinski definition) is 3. The minimum Gasteiger partial charge on any atom is -0.348 e.